The van der Waals surface area contributed by atoms with Gasteiger partial charge >= 0.3 is 0 Å². The van der Waals surface area contributed by atoms with Gasteiger partial charge in [-0.2, -0.15) is 0 Å². The van der Waals surface area contributed by atoms with Gasteiger partial charge in [-0.25, -0.2) is 0 Å². The number of anilines is 2. The van der Waals surface area contributed by atoms with Crippen LogP contribution in [0.5, 0.6) is 0 Å². The van der Waals surface area contributed by atoms with Crippen LogP contribution in [0.3, 0.4) is 0 Å². The molecule has 4 rings (SSSR count). The molecule has 0 spiro atoms. The summed E-state index contributed by atoms with van der Waals surface area (Å²) in [5, 5.41) is 0. The maximum atomic E-state index is 13.0. The standard InChI is InChI=1S/C22H28N4O2/c1-17-4-3-5-21(18(17)2)25-6-8-26(9-7-25)22(27)19-14-20(16-23-15-19)24-10-12-28-13-11-24/h3-5,14-16H,6-13H2,1-2H3. The van der Waals surface area contributed by atoms with E-state index in [2.05, 4.69) is 46.8 Å². The first-order chi connectivity index (χ1) is 13.6. The molecule has 28 heavy (non-hydrogen) atoms. The van der Waals surface area contributed by atoms with E-state index in [9.17, 15) is 4.79 Å². The summed E-state index contributed by atoms with van der Waals surface area (Å²) in [7, 11) is 0. The van der Waals surface area contributed by atoms with Crippen molar-refractivity contribution in [3.63, 3.8) is 0 Å². The maximum Gasteiger partial charge on any atom is 0.255 e. The molecule has 3 heterocycles. The van der Waals surface area contributed by atoms with E-state index in [4.69, 9.17) is 4.74 Å². The topological polar surface area (TPSA) is 48.9 Å². The number of amides is 1. The predicted octanol–water partition coefficient (Wildman–Crippen LogP) is 2.50. The van der Waals surface area contributed by atoms with Gasteiger partial charge in [-0.15, -0.1) is 0 Å². The Balaban J connectivity index is 1.42. The lowest BCUT2D eigenvalue weighted by Gasteiger charge is -2.37. The summed E-state index contributed by atoms with van der Waals surface area (Å²) in [5.41, 5.74) is 5.59. The van der Waals surface area contributed by atoms with E-state index >= 15 is 0 Å². The van der Waals surface area contributed by atoms with E-state index in [1.165, 1.54) is 16.8 Å². The molecule has 2 aromatic rings. The van der Waals surface area contributed by atoms with Crippen molar-refractivity contribution in [2.75, 3.05) is 62.3 Å². The van der Waals surface area contributed by atoms with Crippen LogP contribution in [0.1, 0.15) is 21.5 Å². The summed E-state index contributed by atoms with van der Waals surface area (Å²) in [6.07, 6.45) is 3.52. The van der Waals surface area contributed by atoms with Gasteiger partial charge in [0.05, 0.1) is 30.7 Å². The third-order valence-corrected chi connectivity index (χ3v) is 5.83. The predicted molar refractivity (Wildman–Crippen MR) is 111 cm³/mol. The first kappa shape index (κ1) is 18.7. The zero-order chi connectivity index (χ0) is 19.5. The maximum absolute atomic E-state index is 13.0. The molecule has 2 fully saturated rings. The number of carbonyl (C=O) groups excluding carboxylic acids is 1. The average Bonchev–Trinajstić information content (AvgIpc) is 2.76. The molecule has 1 aromatic heterocycles. The summed E-state index contributed by atoms with van der Waals surface area (Å²) in [5.74, 6) is 0.0724. The zero-order valence-corrected chi connectivity index (χ0v) is 16.7. The van der Waals surface area contributed by atoms with E-state index in [0.717, 1.165) is 58.2 Å². The quantitative estimate of drug-likeness (QED) is 0.819. The number of benzene rings is 1. The van der Waals surface area contributed by atoms with E-state index < -0.39 is 0 Å². The Labute approximate surface area is 166 Å². The van der Waals surface area contributed by atoms with Crippen LogP contribution < -0.4 is 9.80 Å². The Kier molecular flexibility index (Phi) is 5.48. The second-order valence-electron chi connectivity index (χ2n) is 7.53. The summed E-state index contributed by atoms with van der Waals surface area (Å²) < 4.78 is 5.41. The molecule has 1 aromatic carbocycles. The summed E-state index contributed by atoms with van der Waals surface area (Å²) in [6.45, 7) is 10.6. The molecule has 2 aliphatic rings. The van der Waals surface area contributed by atoms with Gasteiger partial charge in [-0.1, -0.05) is 12.1 Å². The normalized spacial score (nSPS) is 17.7. The minimum atomic E-state index is 0.0724. The molecule has 6 nitrogen and oxygen atoms in total. The Bertz CT molecular complexity index is 840. The molecule has 0 saturated carbocycles. The van der Waals surface area contributed by atoms with Crippen LogP contribution in [0, 0.1) is 13.8 Å². The monoisotopic (exact) mass is 380 g/mol. The highest BCUT2D eigenvalue weighted by atomic mass is 16.5. The van der Waals surface area contributed by atoms with Gasteiger partial charge in [0.2, 0.25) is 0 Å². The van der Waals surface area contributed by atoms with Gasteiger partial charge in [0, 0.05) is 51.2 Å². The lowest BCUT2D eigenvalue weighted by molar-refractivity contribution is 0.0746. The SMILES string of the molecule is Cc1cccc(N2CCN(C(=O)c3cncc(N4CCOCC4)c3)CC2)c1C. The first-order valence-electron chi connectivity index (χ1n) is 10.0. The number of ether oxygens (including phenoxy) is 1. The smallest absolute Gasteiger partial charge is 0.255 e. The van der Waals surface area contributed by atoms with Crippen LogP contribution in [0.2, 0.25) is 0 Å². The number of aryl methyl sites for hydroxylation is 1. The van der Waals surface area contributed by atoms with Crippen LogP contribution in [0.25, 0.3) is 0 Å². The number of hydrogen-bond acceptors (Lipinski definition) is 5. The van der Waals surface area contributed by atoms with Crippen molar-refractivity contribution in [3.05, 3.63) is 53.3 Å². The highest BCUT2D eigenvalue weighted by molar-refractivity contribution is 5.95. The molecule has 2 saturated heterocycles. The molecular weight excluding hydrogens is 352 g/mol. The zero-order valence-electron chi connectivity index (χ0n) is 16.7. The Morgan fingerprint density at radius 3 is 2.46 bits per heavy atom. The second kappa shape index (κ2) is 8.19. The Hall–Kier alpha value is -2.60. The molecule has 1 amide bonds. The highest BCUT2D eigenvalue weighted by Crippen LogP contribution is 2.24. The largest absolute Gasteiger partial charge is 0.378 e. The number of rotatable bonds is 3. The number of morpholine rings is 1. The molecule has 148 valence electrons. The van der Waals surface area contributed by atoms with E-state index in [-0.39, 0.29) is 5.91 Å². The fourth-order valence-electron chi connectivity index (χ4n) is 3.95. The van der Waals surface area contributed by atoms with Gasteiger partial charge in [0.25, 0.3) is 5.91 Å². The molecule has 0 aliphatic carbocycles. The molecule has 0 radical (unpaired) electrons. The molecule has 2 aliphatic heterocycles. The molecule has 6 heteroatoms. The highest BCUT2D eigenvalue weighted by Gasteiger charge is 2.24. The molecule has 0 atom stereocenters. The number of hydrogen-bond donors (Lipinski definition) is 0. The number of piperazine rings is 1. The fraction of sp³-hybridized carbons (Fsp3) is 0.455. The van der Waals surface area contributed by atoms with Crippen LogP contribution in [0.4, 0.5) is 11.4 Å². The Morgan fingerprint density at radius 1 is 0.964 bits per heavy atom. The van der Waals surface area contributed by atoms with Crippen molar-refractivity contribution in [2.24, 2.45) is 0 Å². The minimum absolute atomic E-state index is 0.0724. The number of aromatic nitrogens is 1. The second-order valence-corrected chi connectivity index (χ2v) is 7.53. The molecule has 0 unspecified atom stereocenters. The summed E-state index contributed by atoms with van der Waals surface area (Å²) in [6, 6.07) is 8.40. The third kappa shape index (κ3) is 3.83. The van der Waals surface area contributed by atoms with Crippen molar-refractivity contribution in [3.8, 4) is 0 Å². The van der Waals surface area contributed by atoms with Crippen LogP contribution in [0.15, 0.2) is 36.7 Å². The average molecular weight is 380 g/mol. The van der Waals surface area contributed by atoms with Gasteiger partial charge < -0.3 is 19.4 Å². The van der Waals surface area contributed by atoms with Crippen molar-refractivity contribution >= 4 is 17.3 Å². The minimum Gasteiger partial charge on any atom is -0.378 e. The Morgan fingerprint density at radius 2 is 1.71 bits per heavy atom. The van der Waals surface area contributed by atoms with Gasteiger partial charge in [-0.3, -0.25) is 9.78 Å². The summed E-state index contributed by atoms with van der Waals surface area (Å²) >= 11 is 0. The molecule has 0 N–H and O–H groups in total. The lowest BCUT2D eigenvalue weighted by Crippen LogP contribution is -2.49. The summed E-state index contributed by atoms with van der Waals surface area (Å²) in [4.78, 5) is 23.9. The van der Waals surface area contributed by atoms with Crippen LogP contribution in [-0.4, -0.2) is 68.3 Å². The van der Waals surface area contributed by atoms with E-state index in [0.29, 0.717) is 5.56 Å². The molecule has 0 bridgehead atoms. The van der Waals surface area contributed by atoms with Gasteiger partial charge in [-0.05, 0) is 37.1 Å². The van der Waals surface area contributed by atoms with Gasteiger partial charge in [0.1, 0.15) is 0 Å². The third-order valence-electron chi connectivity index (χ3n) is 5.83. The fourth-order valence-corrected chi connectivity index (χ4v) is 3.95. The van der Waals surface area contributed by atoms with Crippen molar-refractivity contribution in [1.29, 1.82) is 0 Å². The first-order valence-corrected chi connectivity index (χ1v) is 10.0. The number of pyridine rings is 1. The van der Waals surface area contributed by atoms with Gasteiger partial charge in [0.15, 0.2) is 0 Å². The van der Waals surface area contributed by atoms with Crippen LogP contribution >= 0.6 is 0 Å². The van der Waals surface area contributed by atoms with Crippen LogP contribution in [-0.2, 0) is 4.74 Å². The van der Waals surface area contributed by atoms with Crippen molar-refractivity contribution in [1.82, 2.24) is 9.88 Å². The molecular formula is C22H28N4O2. The number of nitrogens with zero attached hydrogens (tertiary/aromatic N) is 4. The van der Waals surface area contributed by atoms with Crippen molar-refractivity contribution < 1.29 is 9.53 Å². The number of carbonyl (C=O) groups is 1. The lowest BCUT2D eigenvalue weighted by atomic mass is 10.1. The van der Waals surface area contributed by atoms with E-state index in [1.54, 1.807) is 6.20 Å². The van der Waals surface area contributed by atoms with E-state index in [1.807, 2.05) is 17.2 Å². The van der Waals surface area contributed by atoms with Crippen molar-refractivity contribution in [2.45, 2.75) is 13.8 Å².